The van der Waals surface area contributed by atoms with Crippen LogP contribution in [-0.2, 0) is 17.8 Å². The van der Waals surface area contributed by atoms with Gasteiger partial charge in [0.25, 0.3) is 0 Å². The quantitative estimate of drug-likeness (QED) is 0.886. The Balaban J connectivity index is 2.15. The van der Waals surface area contributed by atoms with Crippen LogP contribution < -0.4 is 0 Å². The number of hydrogen-bond acceptors (Lipinski definition) is 2. The highest BCUT2D eigenvalue weighted by Gasteiger charge is 2.43. The summed E-state index contributed by atoms with van der Waals surface area (Å²) in [6.07, 6.45) is 4.01. The largest absolute Gasteiger partial charge is 0.481 e. The van der Waals surface area contributed by atoms with Crippen molar-refractivity contribution in [1.29, 1.82) is 0 Å². The molecular formula is C17H24O3. The number of hydrogen-bond donors (Lipinski definition) is 2. The molecule has 1 aliphatic rings. The average molecular weight is 276 g/mol. The van der Waals surface area contributed by atoms with Gasteiger partial charge in [-0.05, 0) is 48.6 Å². The molecule has 1 aromatic rings. The number of aliphatic hydroxyl groups is 1. The van der Waals surface area contributed by atoms with E-state index < -0.39 is 11.4 Å². The van der Waals surface area contributed by atoms with Gasteiger partial charge in [-0.15, -0.1) is 0 Å². The molecule has 3 heteroatoms. The molecule has 110 valence electrons. The molecule has 2 N–H and O–H groups in total. The zero-order chi connectivity index (χ0) is 14.8. The predicted octanol–water partition coefficient (Wildman–Crippen LogP) is 3.39. The molecule has 3 nitrogen and oxygen atoms in total. The van der Waals surface area contributed by atoms with Crippen LogP contribution in [0.3, 0.4) is 0 Å². The molecule has 0 atom stereocenters. The first kappa shape index (κ1) is 15.0. The lowest BCUT2D eigenvalue weighted by Crippen LogP contribution is -2.39. The van der Waals surface area contributed by atoms with E-state index in [0.29, 0.717) is 6.42 Å². The molecule has 0 aliphatic heterocycles. The summed E-state index contributed by atoms with van der Waals surface area (Å²) < 4.78 is 0. The van der Waals surface area contributed by atoms with Crippen molar-refractivity contribution in [1.82, 2.24) is 0 Å². The SMILES string of the molecule is CC1(C)CCC(Cc2ccc(CO)cc2)(C(=O)O)CC1. The highest BCUT2D eigenvalue weighted by atomic mass is 16.4. The van der Waals surface area contributed by atoms with E-state index in [2.05, 4.69) is 13.8 Å². The van der Waals surface area contributed by atoms with E-state index in [1.165, 1.54) is 0 Å². The van der Waals surface area contributed by atoms with Gasteiger partial charge in [-0.25, -0.2) is 0 Å². The fraction of sp³-hybridized carbons (Fsp3) is 0.588. The van der Waals surface area contributed by atoms with Crippen molar-refractivity contribution in [3.05, 3.63) is 35.4 Å². The third-order valence-electron chi connectivity index (χ3n) is 4.76. The Labute approximate surface area is 120 Å². The summed E-state index contributed by atoms with van der Waals surface area (Å²) in [5.41, 5.74) is 1.56. The van der Waals surface area contributed by atoms with Crippen LogP contribution in [-0.4, -0.2) is 16.2 Å². The lowest BCUT2D eigenvalue weighted by molar-refractivity contribution is -0.152. The van der Waals surface area contributed by atoms with E-state index >= 15 is 0 Å². The molecule has 1 fully saturated rings. The van der Waals surface area contributed by atoms with E-state index in [1.807, 2.05) is 24.3 Å². The van der Waals surface area contributed by atoms with Crippen molar-refractivity contribution in [2.45, 2.75) is 52.6 Å². The van der Waals surface area contributed by atoms with Crippen LogP contribution in [0.4, 0.5) is 0 Å². The fourth-order valence-electron chi connectivity index (χ4n) is 3.02. The summed E-state index contributed by atoms with van der Waals surface area (Å²) in [6.45, 7) is 4.46. The summed E-state index contributed by atoms with van der Waals surface area (Å²) in [7, 11) is 0. The van der Waals surface area contributed by atoms with E-state index in [9.17, 15) is 9.90 Å². The zero-order valence-corrected chi connectivity index (χ0v) is 12.4. The van der Waals surface area contributed by atoms with Gasteiger partial charge in [-0.1, -0.05) is 38.1 Å². The number of aliphatic carboxylic acids is 1. The van der Waals surface area contributed by atoms with Crippen molar-refractivity contribution in [3.8, 4) is 0 Å². The van der Waals surface area contributed by atoms with E-state index in [-0.39, 0.29) is 12.0 Å². The van der Waals surface area contributed by atoms with Gasteiger partial charge < -0.3 is 10.2 Å². The lowest BCUT2D eigenvalue weighted by Gasteiger charge is -2.41. The number of carboxylic acid groups (broad SMARTS) is 1. The van der Waals surface area contributed by atoms with Crippen molar-refractivity contribution < 1.29 is 15.0 Å². The molecule has 0 amide bonds. The summed E-state index contributed by atoms with van der Waals surface area (Å²) >= 11 is 0. The van der Waals surface area contributed by atoms with Gasteiger partial charge in [-0.2, -0.15) is 0 Å². The Kier molecular flexibility index (Phi) is 4.19. The first-order valence-electron chi connectivity index (χ1n) is 7.29. The molecular weight excluding hydrogens is 252 g/mol. The second-order valence-corrected chi connectivity index (χ2v) is 6.90. The topological polar surface area (TPSA) is 57.5 Å². The fourth-order valence-corrected chi connectivity index (χ4v) is 3.02. The number of carboxylic acids is 1. The normalized spacial score (nSPS) is 20.6. The first-order chi connectivity index (χ1) is 9.37. The van der Waals surface area contributed by atoms with Crippen molar-refractivity contribution >= 4 is 5.97 Å². The van der Waals surface area contributed by atoms with Crippen LogP contribution >= 0.6 is 0 Å². The number of rotatable bonds is 4. The molecule has 1 aromatic carbocycles. The molecule has 2 rings (SSSR count). The summed E-state index contributed by atoms with van der Waals surface area (Å²) in [5, 5.41) is 18.7. The molecule has 0 heterocycles. The third-order valence-corrected chi connectivity index (χ3v) is 4.76. The molecule has 0 unspecified atom stereocenters. The number of benzene rings is 1. The summed E-state index contributed by atoms with van der Waals surface area (Å²) in [6, 6.07) is 7.63. The second-order valence-electron chi connectivity index (χ2n) is 6.90. The Hall–Kier alpha value is -1.35. The van der Waals surface area contributed by atoms with Crippen LogP contribution in [0.15, 0.2) is 24.3 Å². The molecule has 0 saturated heterocycles. The third kappa shape index (κ3) is 3.21. The van der Waals surface area contributed by atoms with Crippen molar-refractivity contribution in [2.75, 3.05) is 0 Å². The van der Waals surface area contributed by atoms with Crippen LogP contribution in [0.2, 0.25) is 0 Å². The highest BCUT2D eigenvalue weighted by Crippen LogP contribution is 2.46. The van der Waals surface area contributed by atoms with E-state index in [1.54, 1.807) is 0 Å². The van der Waals surface area contributed by atoms with Gasteiger partial charge in [0.1, 0.15) is 0 Å². The number of carbonyl (C=O) groups is 1. The van der Waals surface area contributed by atoms with Crippen LogP contribution in [0.25, 0.3) is 0 Å². The standard InChI is InChI=1S/C17H24O3/c1-16(2)7-9-17(10-8-16,15(19)20)11-13-3-5-14(12-18)6-4-13/h3-6,18H,7-12H2,1-2H3,(H,19,20). The molecule has 0 radical (unpaired) electrons. The maximum absolute atomic E-state index is 11.8. The minimum atomic E-state index is -0.667. The smallest absolute Gasteiger partial charge is 0.309 e. The Bertz CT molecular complexity index is 464. The molecule has 1 aliphatic carbocycles. The molecule has 1 saturated carbocycles. The Morgan fingerprint density at radius 1 is 1.05 bits per heavy atom. The summed E-state index contributed by atoms with van der Waals surface area (Å²) in [5.74, 6) is -0.667. The number of aliphatic hydroxyl groups excluding tert-OH is 1. The van der Waals surface area contributed by atoms with Crippen LogP contribution in [0.1, 0.15) is 50.7 Å². The van der Waals surface area contributed by atoms with Gasteiger partial charge in [0.2, 0.25) is 0 Å². The monoisotopic (exact) mass is 276 g/mol. The van der Waals surface area contributed by atoms with E-state index in [0.717, 1.165) is 36.8 Å². The molecule has 0 aromatic heterocycles. The van der Waals surface area contributed by atoms with Gasteiger partial charge in [0, 0.05) is 0 Å². The van der Waals surface area contributed by atoms with Gasteiger partial charge in [0.15, 0.2) is 0 Å². The minimum Gasteiger partial charge on any atom is -0.481 e. The van der Waals surface area contributed by atoms with Crippen molar-refractivity contribution in [3.63, 3.8) is 0 Å². The Morgan fingerprint density at radius 3 is 2.00 bits per heavy atom. The van der Waals surface area contributed by atoms with E-state index in [4.69, 9.17) is 5.11 Å². The predicted molar refractivity (Wildman–Crippen MR) is 78.4 cm³/mol. The van der Waals surface area contributed by atoms with Gasteiger partial charge >= 0.3 is 5.97 Å². The molecule has 0 spiro atoms. The average Bonchev–Trinajstić information content (AvgIpc) is 2.42. The zero-order valence-electron chi connectivity index (χ0n) is 12.4. The highest BCUT2D eigenvalue weighted by molar-refractivity contribution is 5.75. The maximum atomic E-state index is 11.8. The van der Waals surface area contributed by atoms with Gasteiger partial charge in [0.05, 0.1) is 12.0 Å². The lowest BCUT2D eigenvalue weighted by atomic mass is 9.63. The van der Waals surface area contributed by atoms with Crippen LogP contribution in [0.5, 0.6) is 0 Å². The summed E-state index contributed by atoms with van der Waals surface area (Å²) in [4.78, 5) is 11.8. The van der Waals surface area contributed by atoms with Gasteiger partial charge in [-0.3, -0.25) is 4.79 Å². The van der Waals surface area contributed by atoms with Crippen LogP contribution in [0, 0.1) is 10.8 Å². The first-order valence-corrected chi connectivity index (χ1v) is 7.29. The maximum Gasteiger partial charge on any atom is 0.309 e. The molecule has 0 bridgehead atoms. The molecule has 20 heavy (non-hydrogen) atoms. The van der Waals surface area contributed by atoms with Crippen molar-refractivity contribution in [2.24, 2.45) is 10.8 Å². The second kappa shape index (κ2) is 5.57. The Morgan fingerprint density at radius 2 is 1.55 bits per heavy atom. The minimum absolute atomic E-state index is 0.0263.